The van der Waals surface area contributed by atoms with E-state index in [2.05, 4.69) is 17.1 Å². The van der Waals surface area contributed by atoms with Crippen LogP contribution < -0.4 is 0 Å². The van der Waals surface area contributed by atoms with E-state index in [9.17, 15) is 4.79 Å². The average molecular weight is 261 g/mol. The number of hydrogen-bond donors (Lipinski definition) is 0. The van der Waals surface area contributed by atoms with E-state index < -0.39 is 6.04 Å². The SMILES string of the molecule is COC(=O)C1N=C(CCCc2ccccc2)OC1C. The van der Waals surface area contributed by atoms with E-state index in [4.69, 9.17) is 9.47 Å². The lowest BCUT2D eigenvalue weighted by Crippen LogP contribution is -2.28. The Hall–Kier alpha value is -1.84. The van der Waals surface area contributed by atoms with Gasteiger partial charge >= 0.3 is 5.97 Å². The number of nitrogens with zero attached hydrogens (tertiary/aromatic N) is 1. The fourth-order valence-corrected chi connectivity index (χ4v) is 2.15. The maximum Gasteiger partial charge on any atom is 0.334 e. The van der Waals surface area contributed by atoms with Gasteiger partial charge in [-0.05, 0) is 25.3 Å². The van der Waals surface area contributed by atoms with Gasteiger partial charge in [-0.15, -0.1) is 0 Å². The van der Waals surface area contributed by atoms with Crippen molar-refractivity contribution >= 4 is 11.9 Å². The third-order valence-corrected chi connectivity index (χ3v) is 3.19. The fraction of sp³-hybridized carbons (Fsp3) is 0.467. The van der Waals surface area contributed by atoms with Crippen LogP contribution in [0.4, 0.5) is 0 Å². The van der Waals surface area contributed by atoms with Crippen LogP contribution in [0.15, 0.2) is 35.3 Å². The van der Waals surface area contributed by atoms with Gasteiger partial charge in [-0.1, -0.05) is 30.3 Å². The number of esters is 1. The van der Waals surface area contributed by atoms with Crippen LogP contribution in [0.5, 0.6) is 0 Å². The van der Waals surface area contributed by atoms with E-state index in [0.717, 1.165) is 19.3 Å². The topological polar surface area (TPSA) is 47.9 Å². The Kier molecular flexibility index (Phi) is 4.55. The first-order chi connectivity index (χ1) is 9.20. The van der Waals surface area contributed by atoms with Gasteiger partial charge in [0.25, 0.3) is 0 Å². The summed E-state index contributed by atoms with van der Waals surface area (Å²) >= 11 is 0. The molecule has 0 fully saturated rings. The van der Waals surface area contributed by atoms with Crippen molar-refractivity contribution in [3.8, 4) is 0 Å². The molecule has 0 saturated heterocycles. The minimum atomic E-state index is -0.503. The lowest BCUT2D eigenvalue weighted by Gasteiger charge is -2.10. The Balaban J connectivity index is 1.82. The molecule has 4 heteroatoms. The maximum absolute atomic E-state index is 11.5. The number of aliphatic imine (C=N–C) groups is 1. The van der Waals surface area contributed by atoms with Crippen LogP contribution in [0, 0.1) is 0 Å². The Morgan fingerprint density at radius 3 is 2.74 bits per heavy atom. The Bertz CT molecular complexity index is 456. The van der Waals surface area contributed by atoms with Crippen LogP contribution in [0.3, 0.4) is 0 Å². The highest BCUT2D eigenvalue weighted by Gasteiger charge is 2.33. The van der Waals surface area contributed by atoms with Crippen molar-refractivity contribution in [3.63, 3.8) is 0 Å². The second kappa shape index (κ2) is 6.36. The molecule has 0 aromatic heterocycles. The lowest BCUT2D eigenvalue weighted by molar-refractivity contribution is -0.143. The average Bonchev–Trinajstić information content (AvgIpc) is 2.80. The van der Waals surface area contributed by atoms with Gasteiger partial charge in [0.1, 0.15) is 6.10 Å². The molecule has 2 unspecified atom stereocenters. The van der Waals surface area contributed by atoms with Crippen LogP contribution >= 0.6 is 0 Å². The van der Waals surface area contributed by atoms with Crippen LogP contribution in [-0.2, 0) is 20.7 Å². The lowest BCUT2D eigenvalue weighted by atomic mass is 10.1. The van der Waals surface area contributed by atoms with E-state index in [1.165, 1.54) is 12.7 Å². The molecular formula is C15H19NO3. The van der Waals surface area contributed by atoms with E-state index in [0.29, 0.717) is 5.90 Å². The van der Waals surface area contributed by atoms with Gasteiger partial charge in [-0.3, -0.25) is 0 Å². The summed E-state index contributed by atoms with van der Waals surface area (Å²) in [4.78, 5) is 15.7. The van der Waals surface area contributed by atoms with Gasteiger partial charge in [0, 0.05) is 6.42 Å². The minimum absolute atomic E-state index is 0.223. The summed E-state index contributed by atoms with van der Waals surface area (Å²) in [7, 11) is 1.37. The quantitative estimate of drug-likeness (QED) is 0.764. The summed E-state index contributed by atoms with van der Waals surface area (Å²) in [6, 6.07) is 9.80. The minimum Gasteiger partial charge on any atom is -0.475 e. The number of rotatable bonds is 5. The largest absolute Gasteiger partial charge is 0.475 e. The van der Waals surface area contributed by atoms with Gasteiger partial charge in [0.15, 0.2) is 11.9 Å². The number of methoxy groups -OCH3 is 1. The number of ether oxygens (including phenoxy) is 2. The highest BCUT2D eigenvalue weighted by Crippen LogP contribution is 2.17. The molecule has 4 nitrogen and oxygen atoms in total. The molecule has 1 aliphatic heterocycles. The highest BCUT2D eigenvalue weighted by molar-refractivity contribution is 5.86. The molecule has 0 radical (unpaired) electrons. The monoisotopic (exact) mass is 261 g/mol. The molecule has 1 aliphatic rings. The zero-order chi connectivity index (χ0) is 13.7. The molecule has 102 valence electrons. The molecule has 19 heavy (non-hydrogen) atoms. The number of aryl methyl sites for hydroxylation is 1. The van der Waals surface area contributed by atoms with Crippen molar-refractivity contribution in [1.82, 2.24) is 0 Å². The van der Waals surface area contributed by atoms with Crippen LogP contribution in [0.1, 0.15) is 25.3 Å². The third-order valence-electron chi connectivity index (χ3n) is 3.19. The third kappa shape index (κ3) is 3.56. The Morgan fingerprint density at radius 1 is 1.32 bits per heavy atom. The van der Waals surface area contributed by atoms with Crippen molar-refractivity contribution in [2.45, 2.75) is 38.3 Å². The second-order valence-electron chi connectivity index (χ2n) is 4.65. The first kappa shape index (κ1) is 13.6. The summed E-state index contributed by atoms with van der Waals surface area (Å²) in [6.45, 7) is 1.84. The maximum atomic E-state index is 11.5. The molecule has 1 heterocycles. The van der Waals surface area contributed by atoms with Crippen molar-refractivity contribution in [2.24, 2.45) is 4.99 Å². The molecule has 2 atom stereocenters. The highest BCUT2D eigenvalue weighted by atomic mass is 16.5. The second-order valence-corrected chi connectivity index (χ2v) is 4.65. The normalized spacial score (nSPS) is 21.7. The molecule has 0 bridgehead atoms. The summed E-state index contributed by atoms with van der Waals surface area (Å²) in [6.07, 6.45) is 2.48. The van der Waals surface area contributed by atoms with Crippen molar-refractivity contribution < 1.29 is 14.3 Å². The van der Waals surface area contributed by atoms with Gasteiger partial charge in [0.2, 0.25) is 0 Å². The molecule has 0 saturated carbocycles. The molecule has 0 amide bonds. The smallest absolute Gasteiger partial charge is 0.334 e. The number of hydrogen-bond acceptors (Lipinski definition) is 4. The van der Waals surface area contributed by atoms with Crippen LogP contribution in [-0.4, -0.2) is 31.1 Å². The predicted octanol–water partition coefficient (Wildman–Crippen LogP) is 2.37. The van der Waals surface area contributed by atoms with Gasteiger partial charge in [0.05, 0.1) is 7.11 Å². The molecule has 0 aliphatic carbocycles. The molecule has 2 rings (SSSR count). The Morgan fingerprint density at radius 2 is 2.05 bits per heavy atom. The summed E-state index contributed by atoms with van der Waals surface area (Å²) in [5.41, 5.74) is 1.30. The van der Waals surface area contributed by atoms with Crippen molar-refractivity contribution in [2.75, 3.05) is 7.11 Å². The fourth-order valence-electron chi connectivity index (χ4n) is 2.15. The van der Waals surface area contributed by atoms with E-state index in [1.807, 2.05) is 25.1 Å². The molecule has 0 spiro atoms. The number of benzene rings is 1. The summed E-state index contributed by atoms with van der Waals surface area (Å²) < 4.78 is 10.3. The molecule has 1 aromatic rings. The first-order valence-electron chi connectivity index (χ1n) is 6.56. The predicted molar refractivity (Wildman–Crippen MR) is 73.2 cm³/mol. The zero-order valence-electron chi connectivity index (χ0n) is 11.3. The zero-order valence-corrected chi connectivity index (χ0v) is 11.3. The summed E-state index contributed by atoms with van der Waals surface area (Å²) in [5.74, 6) is 0.337. The number of carbonyl (C=O) groups is 1. The van der Waals surface area contributed by atoms with E-state index in [-0.39, 0.29) is 12.1 Å². The number of carbonyl (C=O) groups excluding carboxylic acids is 1. The van der Waals surface area contributed by atoms with Gasteiger partial charge in [-0.25, -0.2) is 9.79 Å². The molecular weight excluding hydrogens is 242 g/mol. The van der Waals surface area contributed by atoms with Gasteiger partial charge in [-0.2, -0.15) is 0 Å². The molecule has 0 N–H and O–H groups in total. The van der Waals surface area contributed by atoms with Crippen LogP contribution in [0.2, 0.25) is 0 Å². The van der Waals surface area contributed by atoms with Crippen LogP contribution in [0.25, 0.3) is 0 Å². The first-order valence-corrected chi connectivity index (χ1v) is 6.56. The van der Waals surface area contributed by atoms with E-state index >= 15 is 0 Å². The standard InChI is InChI=1S/C15H19NO3/c1-11-14(15(17)18-2)16-13(19-11)10-6-9-12-7-4-3-5-8-12/h3-5,7-8,11,14H,6,9-10H2,1-2H3. The molecule has 1 aromatic carbocycles. The van der Waals surface area contributed by atoms with Crippen molar-refractivity contribution in [1.29, 1.82) is 0 Å². The van der Waals surface area contributed by atoms with E-state index in [1.54, 1.807) is 0 Å². The van der Waals surface area contributed by atoms with Crippen molar-refractivity contribution in [3.05, 3.63) is 35.9 Å². The van der Waals surface area contributed by atoms with Gasteiger partial charge < -0.3 is 9.47 Å². The Labute approximate surface area is 113 Å². The summed E-state index contributed by atoms with van der Waals surface area (Å²) in [5, 5.41) is 0.